The summed E-state index contributed by atoms with van der Waals surface area (Å²) in [5, 5.41) is 0.995. The number of imidazole rings is 1. The van der Waals surface area contributed by atoms with Crippen LogP contribution in [0.1, 0.15) is 18.9 Å². The van der Waals surface area contributed by atoms with E-state index in [1.54, 1.807) is 47.0 Å². The van der Waals surface area contributed by atoms with Crippen LogP contribution >= 0.6 is 11.8 Å². The average molecular weight is 455 g/mol. The lowest BCUT2D eigenvalue weighted by molar-refractivity contribution is -0.116. The molecule has 1 aromatic heterocycles. The molecule has 2 aliphatic heterocycles. The van der Waals surface area contributed by atoms with E-state index in [9.17, 15) is 13.2 Å². The maximum Gasteiger partial charge on any atom is 0.261 e. The van der Waals surface area contributed by atoms with Gasteiger partial charge in [0.2, 0.25) is 5.91 Å². The van der Waals surface area contributed by atoms with E-state index in [1.807, 2.05) is 18.3 Å². The first-order valence-corrected chi connectivity index (χ1v) is 12.6. The number of aryl methyl sites for hydroxylation is 2. The summed E-state index contributed by atoms with van der Waals surface area (Å²) in [6.07, 6.45) is 3.58. The number of benzene rings is 2. The molecule has 2 aliphatic rings. The molecule has 7 nitrogen and oxygen atoms in total. The Kier molecular flexibility index (Phi) is 5.02. The zero-order chi connectivity index (χ0) is 21.6. The summed E-state index contributed by atoms with van der Waals surface area (Å²) in [5.41, 5.74) is 3.86. The predicted octanol–water partition coefficient (Wildman–Crippen LogP) is 3.76. The van der Waals surface area contributed by atoms with Crippen molar-refractivity contribution in [3.8, 4) is 11.3 Å². The normalized spacial score (nSPS) is 15.5. The number of hydrogen-bond donors (Lipinski definition) is 1. The molecule has 0 aliphatic carbocycles. The van der Waals surface area contributed by atoms with Crippen molar-refractivity contribution in [2.45, 2.75) is 36.4 Å². The first-order chi connectivity index (χ1) is 14.9. The Hall–Kier alpha value is -2.78. The first kappa shape index (κ1) is 20.1. The second-order valence-corrected chi connectivity index (χ2v) is 10.4. The van der Waals surface area contributed by atoms with Gasteiger partial charge in [0, 0.05) is 48.9 Å². The SMILES string of the molecule is CC(=O)N1CCCc2cc(S(=O)(=O)Nc3cccc(-c4cn5c(n4)SCC5)c3)ccc21. The lowest BCUT2D eigenvalue weighted by Crippen LogP contribution is -2.33. The number of anilines is 2. The third-order valence-corrected chi connectivity index (χ3v) is 7.92. The van der Waals surface area contributed by atoms with Gasteiger partial charge >= 0.3 is 0 Å². The largest absolute Gasteiger partial charge is 0.325 e. The van der Waals surface area contributed by atoms with Crippen molar-refractivity contribution in [1.82, 2.24) is 9.55 Å². The van der Waals surface area contributed by atoms with Crippen molar-refractivity contribution in [3.05, 3.63) is 54.2 Å². The fourth-order valence-electron chi connectivity index (χ4n) is 4.07. The zero-order valence-electron chi connectivity index (χ0n) is 17.0. The first-order valence-electron chi connectivity index (χ1n) is 10.1. The molecular formula is C22H22N4O3S2. The standard InChI is InChI=1S/C22H22N4O3S2/c1-15(27)26-9-3-5-17-13-19(7-8-21(17)26)31(28,29)24-18-6-2-4-16(12-18)20-14-25-10-11-30-22(25)23-20/h2,4,6-8,12-14,24H,3,5,9-11H2,1H3. The van der Waals surface area contributed by atoms with Gasteiger partial charge in [-0.05, 0) is 48.7 Å². The molecule has 0 saturated heterocycles. The number of thioether (sulfide) groups is 1. The Morgan fingerprint density at radius 2 is 2.03 bits per heavy atom. The number of sulfonamides is 1. The monoisotopic (exact) mass is 454 g/mol. The van der Waals surface area contributed by atoms with Crippen molar-refractivity contribution < 1.29 is 13.2 Å². The second kappa shape index (κ2) is 7.72. The maximum atomic E-state index is 13.0. The van der Waals surface area contributed by atoms with Crippen molar-refractivity contribution in [2.24, 2.45) is 0 Å². The molecule has 3 heterocycles. The summed E-state index contributed by atoms with van der Waals surface area (Å²) in [6.45, 7) is 3.13. The number of carbonyl (C=O) groups is 1. The van der Waals surface area contributed by atoms with E-state index in [4.69, 9.17) is 0 Å². The van der Waals surface area contributed by atoms with Crippen LogP contribution in [0.5, 0.6) is 0 Å². The van der Waals surface area contributed by atoms with E-state index in [0.29, 0.717) is 12.2 Å². The summed E-state index contributed by atoms with van der Waals surface area (Å²) in [4.78, 5) is 18.4. The van der Waals surface area contributed by atoms with Crippen LogP contribution in [0.4, 0.5) is 11.4 Å². The number of nitrogens with one attached hydrogen (secondary N) is 1. The number of fused-ring (bicyclic) bond motifs is 2. The van der Waals surface area contributed by atoms with E-state index in [0.717, 1.165) is 52.8 Å². The molecule has 1 N–H and O–H groups in total. The lowest BCUT2D eigenvalue weighted by Gasteiger charge is -2.28. The smallest absolute Gasteiger partial charge is 0.261 e. The number of carbonyl (C=O) groups excluding carboxylic acids is 1. The van der Waals surface area contributed by atoms with E-state index < -0.39 is 10.0 Å². The van der Waals surface area contributed by atoms with Crippen LogP contribution in [0.15, 0.2) is 58.7 Å². The van der Waals surface area contributed by atoms with Gasteiger partial charge in [-0.2, -0.15) is 0 Å². The molecule has 0 bridgehead atoms. The molecule has 0 saturated carbocycles. The Bertz CT molecular complexity index is 1260. The van der Waals surface area contributed by atoms with Crippen LogP contribution in [-0.4, -0.2) is 36.2 Å². The van der Waals surface area contributed by atoms with Crippen LogP contribution in [0.25, 0.3) is 11.3 Å². The quantitative estimate of drug-likeness (QED) is 0.649. The minimum Gasteiger partial charge on any atom is -0.325 e. The molecule has 2 aromatic carbocycles. The van der Waals surface area contributed by atoms with Crippen LogP contribution in [0, 0.1) is 0 Å². The molecule has 1 amide bonds. The van der Waals surface area contributed by atoms with Crippen LogP contribution < -0.4 is 9.62 Å². The van der Waals surface area contributed by atoms with Crippen molar-refractivity contribution >= 4 is 39.1 Å². The molecule has 0 fully saturated rings. The molecule has 0 unspecified atom stereocenters. The minimum absolute atomic E-state index is 0.0323. The van der Waals surface area contributed by atoms with Gasteiger partial charge in [-0.15, -0.1) is 0 Å². The summed E-state index contributed by atoms with van der Waals surface area (Å²) >= 11 is 1.72. The van der Waals surface area contributed by atoms with Gasteiger partial charge in [0.15, 0.2) is 5.16 Å². The molecule has 31 heavy (non-hydrogen) atoms. The third-order valence-electron chi connectivity index (χ3n) is 5.57. The molecular weight excluding hydrogens is 432 g/mol. The summed E-state index contributed by atoms with van der Waals surface area (Å²) < 4.78 is 30.9. The molecule has 0 spiro atoms. The summed E-state index contributed by atoms with van der Waals surface area (Å²) in [7, 11) is -3.76. The zero-order valence-corrected chi connectivity index (χ0v) is 18.7. The number of hydrogen-bond acceptors (Lipinski definition) is 5. The van der Waals surface area contributed by atoms with Crippen molar-refractivity contribution in [2.75, 3.05) is 21.9 Å². The van der Waals surface area contributed by atoms with Gasteiger partial charge < -0.3 is 9.47 Å². The molecule has 3 aromatic rings. The van der Waals surface area contributed by atoms with Crippen LogP contribution in [0.2, 0.25) is 0 Å². The minimum atomic E-state index is -3.76. The number of nitrogens with zero attached hydrogens (tertiary/aromatic N) is 3. The number of aromatic nitrogens is 2. The van der Waals surface area contributed by atoms with Crippen LogP contribution in [0.3, 0.4) is 0 Å². The van der Waals surface area contributed by atoms with E-state index in [2.05, 4.69) is 14.3 Å². The fourth-order valence-corrected chi connectivity index (χ4v) is 6.12. The Balaban J connectivity index is 1.41. The van der Waals surface area contributed by atoms with E-state index >= 15 is 0 Å². The van der Waals surface area contributed by atoms with Gasteiger partial charge in [0.25, 0.3) is 10.0 Å². The topological polar surface area (TPSA) is 84.3 Å². The maximum absolute atomic E-state index is 13.0. The van der Waals surface area contributed by atoms with E-state index in [-0.39, 0.29) is 10.8 Å². The number of rotatable bonds is 4. The van der Waals surface area contributed by atoms with Gasteiger partial charge in [-0.1, -0.05) is 23.9 Å². The highest BCUT2D eigenvalue weighted by molar-refractivity contribution is 7.99. The second-order valence-electron chi connectivity index (χ2n) is 7.70. The molecule has 0 radical (unpaired) electrons. The Labute approximate surface area is 185 Å². The fraction of sp³-hybridized carbons (Fsp3) is 0.273. The molecule has 160 valence electrons. The highest BCUT2D eigenvalue weighted by Gasteiger charge is 2.23. The Morgan fingerprint density at radius 1 is 1.16 bits per heavy atom. The summed E-state index contributed by atoms with van der Waals surface area (Å²) in [5.74, 6) is 1.00. The summed E-state index contributed by atoms with van der Waals surface area (Å²) in [6, 6.07) is 12.2. The predicted molar refractivity (Wildman–Crippen MR) is 122 cm³/mol. The molecule has 9 heteroatoms. The van der Waals surface area contributed by atoms with Crippen molar-refractivity contribution in [3.63, 3.8) is 0 Å². The highest BCUT2D eigenvalue weighted by Crippen LogP contribution is 2.32. The molecule has 5 rings (SSSR count). The highest BCUT2D eigenvalue weighted by atomic mass is 32.2. The lowest BCUT2D eigenvalue weighted by atomic mass is 10.0. The van der Waals surface area contributed by atoms with Gasteiger partial charge in [0.05, 0.1) is 10.6 Å². The van der Waals surface area contributed by atoms with Crippen molar-refractivity contribution in [1.29, 1.82) is 0 Å². The molecule has 0 atom stereocenters. The third kappa shape index (κ3) is 3.83. The van der Waals surface area contributed by atoms with Gasteiger partial charge in [-0.25, -0.2) is 13.4 Å². The average Bonchev–Trinajstić information content (AvgIpc) is 3.35. The van der Waals surface area contributed by atoms with Gasteiger partial charge in [-0.3, -0.25) is 9.52 Å². The Morgan fingerprint density at radius 3 is 2.84 bits per heavy atom. The van der Waals surface area contributed by atoms with E-state index in [1.165, 1.54) is 6.92 Å². The van der Waals surface area contributed by atoms with Crippen LogP contribution in [-0.2, 0) is 27.8 Å². The van der Waals surface area contributed by atoms with Gasteiger partial charge in [0.1, 0.15) is 0 Å². The number of amides is 1.